The van der Waals surface area contributed by atoms with Crippen LogP contribution >= 0.6 is 0 Å². The summed E-state index contributed by atoms with van der Waals surface area (Å²) in [7, 11) is 0. The van der Waals surface area contributed by atoms with Crippen LogP contribution in [0.2, 0.25) is 0 Å². The van der Waals surface area contributed by atoms with Crippen molar-refractivity contribution < 1.29 is 4.79 Å². The second-order valence-electron chi connectivity index (χ2n) is 5.57. The Morgan fingerprint density at radius 3 is 2.82 bits per heavy atom. The van der Waals surface area contributed by atoms with Crippen LogP contribution in [0.5, 0.6) is 0 Å². The van der Waals surface area contributed by atoms with Crippen molar-refractivity contribution in [3.05, 3.63) is 54.1 Å². The summed E-state index contributed by atoms with van der Waals surface area (Å²) in [5.41, 5.74) is 2.67. The van der Waals surface area contributed by atoms with Gasteiger partial charge in [-0.2, -0.15) is 0 Å². The first kappa shape index (κ1) is 14.5. The van der Waals surface area contributed by atoms with E-state index >= 15 is 0 Å². The minimum atomic E-state index is -0.202. The quantitative estimate of drug-likeness (QED) is 0.942. The van der Waals surface area contributed by atoms with Gasteiger partial charge in [0.2, 0.25) is 0 Å². The van der Waals surface area contributed by atoms with E-state index in [1.165, 1.54) is 30.9 Å². The summed E-state index contributed by atoms with van der Waals surface area (Å²) in [4.78, 5) is 22.5. The molecule has 2 heterocycles. The lowest BCUT2D eigenvalue weighted by atomic mass is 10.1. The molecule has 5 nitrogen and oxygen atoms in total. The van der Waals surface area contributed by atoms with Gasteiger partial charge in [0.15, 0.2) is 0 Å². The van der Waals surface area contributed by atoms with Gasteiger partial charge >= 0.3 is 0 Å². The number of aromatic nitrogens is 2. The Morgan fingerprint density at radius 2 is 2.09 bits per heavy atom. The summed E-state index contributed by atoms with van der Waals surface area (Å²) in [6.07, 6.45) is 7.06. The molecule has 1 atom stereocenters. The van der Waals surface area contributed by atoms with Crippen LogP contribution in [0.15, 0.2) is 42.9 Å². The largest absolute Gasteiger partial charge is 0.372 e. The third-order valence-corrected chi connectivity index (χ3v) is 3.98. The third kappa shape index (κ3) is 3.24. The fourth-order valence-electron chi connectivity index (χ4n) is 2.74. The van der Waals surface area contributed by atoms with Crippen molar-refractivity contribution in [3.63, 3.8) is 0 Å². The molecule has 5 heteroatoms. The highest BCUT2D eigenvalue weighted by Crippen LogP contribution is 2.24. The summed E-state index contributed by atoms with van der Waals surface area (Å²) < 4.78 is 0. The topological polar surface area (TPSA) is 58.1 Å². The zero-order valence-electron chi connectivity index (χ0n) is 12.7. The van der Waals surface area contributed by atoms with Crippen LogP contribution in [0, 0.1) is 0 Å². The Labute approximate surface area is 130 Å². The standard InChI is InChI=1S/C17H20N4O/c1-13(20-17(22)16-12-18-7-8-19-16)14-5-4-6-15(11-14)21-9-2-3-10-21/h4-8,11-13H,2-3,9-10H2,1H3,(H,20,22). The fourth-order valence-corrected chi connectivity index (χ4v) is 2.74. The van der Waals surface area contributed by atoms with E-state index in [0.717, 1.165) is 18.7 Å². The van der Waals surface area contributed by atoms with E-state index in [9.17, 15) is 4.79 Å². The Bertz CT molecular complexity index is 638. The Hall–Kier alpha value is -2.43. The van der Waals surface area contributed by atoms with Gasteiger partial charge in [-0.25, -0.2) is 4.98 Å². The molecule has 0 aliphatic carbocycles. The molecule has 3 rings (SSSR count). The van der Waals surface area contributed by atoms with E-state index < -0.39 is 0 Å². The molecule has 0 radical (unpaired) electrons. The molecule has 2 aromatic rings. The summed E-state index contributed by atoms with van der Waals surface area (Å²) in [5.74, 6) is -0.202. The second-order valence-corrected chi connectivity index (χ2v) is 5.57. The van der Waals surface area contributed by atoms with Gasteiger partial charge in [0, 0.05) is 31.2 Å². The summed E-state index contributed by atoms with van der Waals surface area (Å²) in [6, 6.07) is 8.31. The number of benzene rings is 1. The van der Waals surface area contributed by atoms with Crippen molar-refractivity contribution >= 4 is 11.6 Å². The van der Waals surface area contributed by atoms with E-state index in [4.69, 9.17) is 0 Å². The van der Waals surface area contributed by atoms with Gasteiger partial charge in [-0.05, 0) is 37.5 Å². The molecular formula is C17H20N4O. The predicted molar refractivity (Wildman–Crippen MR) is 85.8 cm³/mol. The Morgan fingerprint density at radius 1 is 1.27 bits per heavy atom. The molecule has 0 spiro atoms. The normalized spacial score (nSPS) is 15.6. The van der Waals surface area contributed by atoms with Crippen LogP contribution in [0.4, 0.5) is 5.69 Å². The highest BCUT2D eigenvalue weighted by Gasteiger charge is 2.16. The average Bonchev–Trinajstić information content (AvgIpc) is 3.10. The van der Waals surface area contributed by atoms with Gasteiger partial charge in [0.1, 0.15) is 5.69 Å². The molecule has 114 valence electrons. The number of amides is 1. The van der Waals surface area contributed by atoms with Gasteiger partial charge in [0.25, 0.3) is 5.91 Å². The number of anilines is 1. The number of nitrogens with one attached hydrogen (secondary N) is 1. The van der Waals surface area contributed by atoms with E-state index in [1.54, 1.807) is 6.20 Å². The van der Waals surface area contributed by atoms with Crippen molar-refractivity contribution in [2.75, 3.05) is 18.0 Å². The lowest BCUT2D eigenvalue weighted by Crippen LogP contribution is -2.27. The van der Waals surface area contributed by atoms with Crippen LogP contribution in [-0.2, 0) is 0 Å². The minimum absolute atomic E-state index is 0.0722. The van der Waals surface area contributed by atoms with E-state index in [-0.39, 0.29) is 11.9 Å². The summed E-state index contributed by atoms with van der Waals surface area (Å²) in [5, 5.41) is 2.97. The molecular weight excluding hydrogens is 276 g/mol. The number of rotatable bonds is 4. The average molecular weight is 296 g/mol. The zero-order chi connectivity index (χ0) is 15.4. The number of carbonyl (C=O) groups excluding carboxylic acids is 1. The molecule has 22 heavy (non-hydrogen) atoms. The zero-order valence-corrected chi connectivity index (χ0v) is 12.7. The summed E-state index contributed by atoms with van der Waals surface area (Å²) in [6.45, 7) is 4.21. The smallest absolute Gasteiger partial charge is 0.271 e. The van der Waals surface area contributed by atoms with Crippen molar-refractivity contribution in [2.24, 2.45) is 0 Å². The molecule has 1 aromatic carbocycles. The van der Waals surface area contributed by atoms with E-state index in [0.29, 0.717) is 5.69 Å². The monoisotopic (exact) mass is 296 g/mol. The van der Waals surface area contributed by atoms with Crippen LogP contribution in [0.25, 0.3) is 0 Å². The minimum Gasteiger partial charge on any atom is -0.372 e. The summed E-state index contributed by atoms with van der Waals surface area (Å²) >= 11 is 0. The Kier molecular flexibility index (Phi) is 4.32. The van der Waals surface area contributed by atoms with Crippen molar-refractivity contribution in [1.82, 2.24) is 15.3 Å². The van der Waals surface area contributed by atoms with Gasteiger partial charge in [-0.1, -0.05) is 12.1 Å². The predicted octanol–water partition coefficient (Wildman–Crippen LogP) is 2.57. The molecule has 0 bridgehead atoms. The molecule has 1 aliphatic rings. The fraction of sp³-hybridized carbons (Fsp3) is 0.353. The number of hydrogen-bond acceptors (Lipinski definition) is 4. The molecule has 1 aliphatic heterocycles. The van der Waals surface area contributed by atoms with Gasteiger partial charge in [-0.3, -0.25) is 9.78 Å². The molecule has 1 fully saturated rings. The lowest BCUT2D eigenvalue weighted by Gasteiger charge is -2.20. The van der Waals surface area contributed by atoms with Crippen LogP contribution in [0.3, 0.4) is 0 Å². The van der Waals surface area contributed by atoms with Gasteiger partial charge in [0.05, 0.1) is 12.2 Å². The molecule has 1 saturated heterocycles. The molecule has 1 aromatic heterocycles. The maximum atomic E-state index is 12.1. The van der Waals surface area contributed by atoms with Crippen LogP contribution < -0.4 is 10.2 Å². The molecule has 1 unspecified atom stereocenters. The SMILES string of the molecule is CC(NC(=O)c1cnccn1)c1cccc(N2CCCC2)c1. The third-order valence-electron chi connectivity index (χ3n) is 3.98. The number of hydrogen-bond donors (Lipinski definition) is 1. The van der Waals surface area contributed by atoms with Crippen molar-refractivity contribution in [3.8, 4) is 0 Å². The van der Waals surface area contributed by atoms with E-state index in [2.05, 4.69) is 32.3 Å². The molecule has 1 amide bonds. The van der Waals surface area contributed by atoms with Gasteiger partial charge in [-0.15, -0.1) is 0 Å². The maximum absolute atomic E-state index is 12.1. The van der Waals surface area contributed by atoms with Crippen molar-refractivity contribution in [2.45, 2.75) is 25.8 Å². The van der Waals surface area contributed by atoms with Crippen molar-refractivity contribution in [1.29, 1.82) is 0 Å². The highest BCUT2D eigenvalue weighted by molar-refractivity contribution is 5.92. The first-order valence-electron chi connectivity index (χ1n) is 7.66. The maximum Gasteiger partial charge on any atom is 0.271 e. The highest BCUT2D eigenvalue weighted by atomic mass is 16.1. The number of nitrogens with zero attached hydrogens (tertiary/aromatic N) is 3. The Balaban J connectivity index is 1.70. The molecule has 0 saturated carbocycles. The first-order chi connectivity index (χ1) is 10.7. The van der Waals surface area contributed by atoms with E-state index in [1.807, 2.05) is 19.1 Å². The van der Waals surface area contributed by atoms with Gasteiger partial charge < -0.3 is 10.2 Å². The van der Waals surface area contributed by atoms with Crippen LogP contribution in [0.1, 0.15) is 41.9 Å². The van der Waals surface area contributed by atoms with Crippen LogP contribution in [-0.4, -0.2) is 29.0 Å². The molecule has 1 N–H and O–H groups in total. The second kappa shape index (κ2) is 6.56. The first-order valence-corrected chi connectivity index (χ1v) is 7.66. The lowest BCUT2D eigenvalue weighted by molar-refractivity contribution is 0.0934. The number of carbonyl (C=O) groups is 1.